The third kappa shape index (κ3) is 2.99. The first-order chi connectivity index (χ1) is 7.71. The van der Waals surface area contributed by atoms with E-state index in [-0.39, 0.29) is 0 Å². The van der Waals surface area contributed by atoms with E-state index in [9.17, 15) is 0 Å². The van der Waals surface area contributed by atoms with Crippen LogP contribution in [0.3, 0.4) is 0 Å². The van der Waals surface area contributed by atoms with Crippen molar-refractivity contribution in [2.45, 2.75) is 32.7 Å². The number of rotatable bonds is 6. The molecule has 0 amide bonds. The standard InChI is InChI=1S/C14H21NO/c1-12(14(2)8-9-14)15-10-11-16-13-6-4-3-5-7-13/h3-7,12,15H,8-11H2,1-2H3. The molecule has 1 unspecified atom stereocenters. The van der Waals surface area contributed by atoms with Gasteiger partial charge < -0.3 is 10.1 Å². The first-order valence-electron chi connectivity index (χ1n) is 6.12. The number of ether oxygens (including phenoxy) is 1. The highest BCUT2D eigenvalue weighted by molar-refractivity contribution is 5.20. The Morgan fingerprint density at radius 3 is 2.62 bits per heavy atom. The maximum Gasteiger partial charge on any atom is 0.119 e. The molecule has 2 heteroatoms. The second-order valence-corrected chi connectivity index (χ2v) is 4.99. The highest BCUT2D eigenvalue weighted by Crippen LogP contribution is 2.47. The van der Waals surface area contributed by atoms with E-state index in [1.54, 1.807) is 0 Å². The Bertz CT molecular complexity index is 319. The lowest BCUT2D eigenvalue weighted by Crippen LogP contribution is -2.36. The van der Waals surface area contributed by atoms with Gasteiger partial charge in [-0.3, -0.25) is 0 Å². The van der Waals surface area contributed by atoms with Gasteiger partial charge in [-0.15, -0.1) is 0 Å². The third-order valence-corrected chi connectivity index (χ3v) is 3.65. The van der Waals surface area contributed by atoms with Crippen molar-refractivity contribution in [3.05, 3.63) is 30.3 Å². The van der Waals surface area contributed by atoms with Gasteiger partial charge in [-0.05, 0) is 37.3 Å². The van der Waals surface area contributed by atoms with Crippen molar-refractivity contribution in [2.75, 3.05) is 13.2 Å². The summed E-state index contributed by atoms with van der Waals surface area (Å²) in [7, 11) is 0. The van der Waals surface area contributed by atoms with Crippen molar-refractivity contribution in [1.29, 1.82) is 0 Å². The normalized spacial score (nSPS) is 19.1. The van der Waals surface area contributed by atoms with Crippen LogP contribution in [0, 0.1) is 5.41 Å². The van der Waals surface area contributed by atoms with Crippen molar-refractivity contribution in [3.63, 3.8) is 0 Å². The summed E-state index contributed by atoms with van der Waals surface area (Å²) >= 11 is 0. The molecule has 1 aromatic rings. The zero-order valence-corrected chi connectivity index (χ0v) is 10.2. The fourth-order valence-electron chi connectivity index (χ4n) is 1.84. The third-order valence-electron chi connectivity index (χ3n) is 3.65. The molecule has 1 saturated carbocycles. The summed E-state index contributed by atoms with van der Waals surface area (Å²) in [5.74, 6) is 0.953. The lowest BCUT2D eigenvalue weighted by molar-refractivity contribution is 0.289. The van der Waals surface area contributed by atoms with Gasteiger partial charge in [0.25, 0.3) is 0 Å². The van der Waals surface area contributed by atoms with Gasteiger partial charge in [-0.25, -0.2) is 0 Å². The predicted molar refractivity (Wildman–Crippen MR) is 66.7 cm³/mol. The van der Waals surface area contributed by atoms with Gasteiger partial charge in [0, 0.05) is 12.6 Å². The molecule has 0 aliphatic heterocycles. The van der Waals surface area contributed by atoms with Crippen molar-refractivity contribution < 1.29 is 4.74 Å². The van der Waals surface area contributed by atoms with Crippen LogP contribution in [0.25, 0.3) is 0 Å². The average Bonchev–Trinajstić information content (AvgIpc) is 3.05. The van der Waals surface area contributed by atoms with Crippen molar-refractivity contribution in [2.24, 2.45) is 5.41 Å². The minimum absolute atomic E-state index is 0.548. The Labute approximate surface area is 98.0 Å². The molecule has 0 spiro atoms. The van der Waals surface area contributed by atoms with Crippen LogP contribution in [0.4, 0.5) is 0 Å². The van der Waals surface area contributed by atoms with Gasteiger partial charge in [0.2, 0.25) is 0 Å². The number of para-hydroxylation sites is 1. The number of hydrogen-bond acceptors (Lipinski definition) is 2. The number of hydrogen-bond donors (Lipinski definition) is 1. The van der Waals surface area contributed by atoms with E-state index in [0.29, 0.717) is 11.5 Å². The average molecular weight is 219 g/mol. The number of benzene rings is 1. The quantitative estimate of drug-likeness (QED) is 0.743. The molecule has 1 aliphatic carbocycles. The van der Waals surface area contributed by atoms with Crippen LogP contribution < -0.4 is 10.1 Å². The van der Waals surface area contributed by atoms with Crippen LogP contribution in [0.15, 0.2) is 30.3 Å². The summed E-state index contributed by atoms with van der Waals surface area (Å²) in [6.45, 7) is 6.29. The minimum Gasteiger partial charge on any atom is -0.492 e. The Balaban J connectivity index is 1.62. The van der Waals surface area contributed by atoms with Gasteiger partial charge in [0.1, 0.15) is 12.4 Å². The molecule has 1 atom stereocenters. The molecule has 0 radical (unpaired) electrons. The molecule has 1 aromatic carbocycles. The molecule has 2 nitrogen and oxygen atoms in total. The van der Waals surface area contributed by atoms with E-state index in [2.05, 4.69) is 19.2 Å². The maximum atomic E-state index is 5.63. The molecule has 0 bridgehead atoms. The zero-order valence-electron chi connectivity index (χ0n) is 10.2. The zero-order chi connectivity index (χ0) is 11.4. The summed E-state index contributed by atoms with van der Waals surface area (Å²) in [6.07, 6.45) is 2.72. The first-order valence-corrected chi connectivity index (χ1v) is 6.12. The van der Waals surface area contributed by atoms with E-state index in [1.165, 1.54) is 12.8 Å². The highest BCUT2D eigenvalue weighted by Gasteiger charge is 2.41. The van der Waals surface area contributed by atoms with Crippen LogP contribution in [-0.2, 0) is 0 Å². The van der Waals surface area contributed by atoms with Crippen LogP contribution in [0.2, 0.25) is 0 Å². The fourth-order valence-corrected chi connectivity index (χ4v) is 1.84. The molecule has 1 aliphatic rings. The summed E-state index contributed by atoms with van der Waals surface area (Å²) in [5, 5.41) is 3.53. The van der Waals surface area contributed by atoms with Gasteiger partial charge in [0.15, 0.2) is 0 Å². The van der Waals surface area contributed by atoms with Gasteiger partial charge in [-0.1, -0.05) is 25.1 Å². The van der Waals surface area contributed by atoms with Gasteiger partial charge >= 0.3 is 0 Å². The largest absolute Gasteiger partial charge is 0.492 e. The Morgan fingerprint density at radius 1 is 1.31 bits per heavy atom. The van der Waals surface area contributed by atoms with Crippen LogP contribution in [0.5, 0.6) is 5.75 Å². The highest BCUT2D eigenvalue weighted by atomic mass is 16.5. The molecule has 0 heterocycles. The Hall–Kier alpha value is -1.02. The van der Waals surface area contributed by atoms with Gasteiger partial charge in [-0.2, -0.15) is 0 Å². The second kappa shape index (κ2) is 4.88. The summed E-state index contributed by atoms with van der Waals surface area (Å²) in [4.78, 5) is 0. The molecule has 1 fully saturated rings. The lowest BCUT2D eigenvalue weighted by Gasteiger charge is -2.20. The van der Waals surface area contributed by atoms with E-state index in [4.69, 9.17) is 4.74 Å². The van der Waals surface area contributed by atoms with Crippen LogP contribution in [0.1, 0.15) is 26.7 Å². The summed E-state index contributed by atoms with van der Waals surface area (Å²) in [5.41, 5.74) is 0.548. The summed E-state index contributed by atoms with van der Waals surface area (Å²) < 4.78 is 5.63. The molecular formula is C14H21NO. The van der Waals surface area contributed by atoms with Crippen LogP contribution >= 0.6 is 0 Å². The predicted octanol–water partition coefficient (Wildman–Crippen LogP) is 2.84. The van der Waals surface area contributed by atoms with Crippen molar-refractivity contribution in [3.8, 4) is 5.75 Å². The molecule has 1 N–H and O–H groups in total. The monoisotopic (exact) mass is 219 g/mol. The number of nitrogens with one attached hydrogen (secondary N) is 1. The van der Waals surface area contributed by atoms with E-state index >= 15 is 0 Å². The molecule has 2 rings (SSSR count). The molecule has 0 aromatic heterocycles. The van der Waals surface area contributed by atoms with Gasteiger partial charge in [0.05, 0.1) is 0 Å². The van der Waals surface area contributed by atoms with Crippen LogP contribution in [-0.4, -0.2) is 19.2 Å². The van der Waals surface area contributed by atoms with E-state index < -0.39 is 0 Å². The van der Waals surface area contributed by atoms with E-state index in [0.717, 1.165) is 18.9 Å². The fraction of sp³-hybridized carbons (Fsp3) is 0.571. The molecule has 16 heavy (non-hydrogen) atoms. The molecule has 88 valence electrons. The maximum absolute atomic E-state index is 5.63. The lowest BCUT2D eigenvalue weighted by atomic mass is 10.0. The minimum atomic E-state index is 0.548. The summed E-state index contributed by atoms with van der Waals surface area (Å²) in [6, 6.07) is 10.6. The molecular weight excluding hydrogens is 198 g/mol. The molecule has 0 saturated heterocycles. The smallest absolute Gasteiger partial charge is 0.119 e. The first kappa shape index (κ1) is 11.5. The SMILES string of the molecule is CC(NCCOc1ccccc1)C1(C)CC1. The Kier molecular flexibility index (Phi) is 3.49. The topological polar surface area (TPSA) is 21.3 Å². The van der Waals surface area contributed by atoms with Crippen molar-refractivity contribution in [1.82, 2.24) is 5.32 Å². The Morgan fingerprint density at radius 2 is 2.00 bits per heavy atom. The van der Waals surface area contributed by atoms with Crippen molar-refractivity contribution >= 4 is 0 Å². The van der Waals surface area contributed by atoms with E-state index in [1.807, 2.05) is 30.3 Å². The second-order valence-electron chi connectivity index (χ2n) is 4.99.